The zero-order chi connectivity index (χ0) is 13.1. The summed E-state index contributed by atoms with van der Waals surface area (Å²) in [6.07, 6.45) is 4.27. The fraction of sp³-hybridized carbons (Fsp3) is 1.00. The predicted molar refractivity (Wildman–Crippen MR) is 78.8 cm³/mol. The minimum Gasteiger partial charge on any atom is -0.306 e. The topological polar surface area (TPSA) is 6.48 Å². The van der Waals surface area contributed by atoms with Crippen LogP contribution < -0.4 is 0 Å². The van der Waals surface area contributed by atoms with E-state index in [1.54, 1.807) is 0 Å². The lowest BCUT2D eigenvalue weighted by Gasteiger charge is -2.41. The first-order valence-corrected chi connectivity index (χ1v) is 7.97. The molecule has 2 aliphatic heterocycles. The van der Waals surface area contributed by atoms with E-state index in [2.05, 4.69) is 37.6 Å². The molecule has 0 radical (unpaired) electrons. The molecule has 0 aromatic carbocycles. The maximum absolute atomic E-state index is 2.74. The molecule has 0 aromatic heterocycles. The van der Waals surface area contributed by atoms with Crippen molar-refractivity contribution in [1.82, 2.24) is 9.80 Å². The Balaban J connectivity index is 1.78. The normalized spacial score (nSPS) is 36.2. The molecule has 0 amide bonds. The van der Waals surface area contributed by atoms with Crippen molar-refractivity contribution >= 4 is 0 Å². The number of nitrogens with zero attached hydrogens (tertiary/aromatic N) is 2. The molecule has 2 heteroatoms. The summed E-state index contributed by atoms with van der Waals surface area (Å²) in [5.41, 5.74) is 0. The van der Waals surface area contributed by atoms with Gasteiger partial charge in [-0.25, -0.2) is 0 Å². The molecule has 0 N–H and O–H groups in total. The molecule has 2 rings (SSSR count). The maximum atomic E-state index is 2.74. The van der Waals surface area contributed by atoms with Gasteiger partial charge in [0.1, 0.15) is 0 Å². The van der Waals surface area contributed by atoms with Crippen LogP contribution in [0.4, 0.5) is 0 Å². The zero-order valence-electron chi connectivity index (χ0n) is 12.9. The smallest absolute Gasteiger partial charge is 0.00220 e. The van der Waals surface area contributed by atoms with Gasteiger partial charge in [0.15, 0.2) is 0 Å². The lowest BCUT2D eigenvalue weighted by Crippen LogP contribution is -2.45. The molecular weight excluding hydrogens is 220 g/mol. The summed E-state index contributed by atoms with van der Waals surface area (Å²) in [5, 5.41) is 0. The van der Waals surface area contributed by atoms with E-state index < -0.39 is 0 Å². The molecule has 0 aliphatic carbocycles. The molecule has 3 unspecified atom stereocenters. The van der Waals surface area contributed by atoms with E-state index in [-0.39, 0.29) is 0 Å². The lowest BCUT2D eigenvalue weighted by atomic mass is 9.79. The molecule has 3 atom stereocenters. The Morgan fingerprint density at radius 3 is 2.50 bits per heavy atom. The van der Waals surface area contributed by atoms with Gasteiger partial charge in [-0.3, -0.25) is 0 Å². The molecule has 2 aliphatic rings. The van der Waals surface area contributed by atoms with Crippen LogP contribution in [0.5, 0.6) is 0 Å². The monoisotopic (exact) mass is 252 g/mol. The Hall–Kier alpha value is -0.0800. The average Bonchev–Trinajstić information content (AvgIpc) is 2.28. The van der Waals surface area contributed by atoms with Gasteiger partial charge in [-0.05, 0) is 63.1 Å². The zero-order valence-corrected chi connectivity index (χ0v) is 12.9. The van der Waals surface area contributed by atoms with Gasteiger partial charge in [0.2, 0.25) is 0 Å². The fourth-order valence-electron chi connectivity index (χ4n) is 4.19. The van der Waals surface area contributed by atoms with E-state index in [1.807, 2.05) is 0 Å². The summed E-state index contributed by atoms with van der Waals surface area (Å²) in [5.74, 6) is 3.63. The van der Waals surface area contributed by atoms with Gasteiger partial charge in [0.25, 0.3) is 0 Å². The van der Waals surface area contributed by atoms with E-state index in [1.165, 1.54) is 52.0 Å². The highest BCUT2D eigenvalue weighted by Crippen LogP contribution is 2.30. The highest BCUT2D eigenvalue weighted by atomic mass is 15.2. The third kappa shape index (κ3) is 3.71. The van der Waals surface area contributed by atoms with Crippen molar-refractivity contribution in [3.8, 4) is 0 Å². The van der Waals surface area contributed by atoms with Crippen LogP contribution in [0, 0.1) is 23.7 Å². The summed E-state index contributed by atoms with van der Waals surface area (Å²) in [7, 11) is 2.28. The van der Waals surface area contributed by atoms with Crippen LogP contribution in [0.1, 0.15) is 40.0 Å². The standard InChI is InChI=1S/C16H32N2/c1-13(2)16-7-9-18(10-14(16)3)12-15-6-5-8-17(4)11-15/h13-16H,5-12H2,1-4H3. The Bertz CT molecular complexity index is 251. The maximum Gasteiger partial charge on any atom is 0.00220 e. The van der Waals surface area contributed by atoms with Crippen LogP contribution in [0.25, 0.3) is 0 Å². The number of likely N-dealkylation sites (tertiary alicyclic amines) is 2. The molecule has 2 heterocycles. The van der Waals surface area contributed by atoms with Crippen molar-refractivity contribution < 1.29 is 0 Å². The molecule has 0 aromatic rings. The van der Waals surface area contributed by atoms with Crippen molar-refractivity contribution in [3.05, 3.63) is 0 Å². The van der Waals surface area contributed by atoms with Crippen LogP contribution >= 0.6 is 0 Å². The first-order chi connectivity index (χ1) is 8.56. The van der Waals surface area contributed by atoms with Crippen LogP contribution in [0.15, 0.2) is 0 Å². The molecule has 106 valence electrons. The molecule has 2 saturated heterocycles. The number of rotatable bonds is 3. The Morgan fingerprint density at radius 1 is 1.11 bits per heavy atom. The van der Waals surface area contributed by atoms with Crippen molar-refractivity contribution in [3.63, 3.8) is 0 Å². The van der Waals surface area contributed by atoms with Gasteiger partial charge < -0.3 is 9.80 Å². The van der Waals surface area contributed by atoms with Crippen LogP contribution in [-0.4, -0.2) is 49.6 Å². The van der Waals surface area contributed by atoms with Crippen LogP contribution in [-0.2, 0) is 0 Å². The third-order valence-electron chi connectivity index (χ3n) is 5.15. The Morgan fingerprint density at radius 2 is 1.89 bits per heavy atom. The quantitative estimate of drug-likeness (QED) is 0.762. The van der Waals surface area contributed by atoms with Crippen molar-refractivity contribution in [1.29, 1.82) is 0 Å². The second-order valence-electron chi connectivity index (χ2n) is 7.20. The summed E-state index contributed by atoms with van der Waals surface area (Å²) >= 11 is 0. The van der Waals surface area contributed by atoms with E-state index in [4.69, 9.17) is 0 Å². The molecule has 0 saturated carbocycles. The highest BCUT2D eigenvalue weighted by Gasteiger charge is 2.29. The van der Waals surface area contributed by atoms with Crippen molar-refractivity contribution in [2.24, 2.45) is 23.7 Å². The second-order valence-corrected chi connectivity index (χ2v) is 7.20. The Labute approximate surface area is 114 Å². The number of piperidine rings is 2. The molecule has 2 fully saturated rings. The average molecular weight is 252 g/mol. The minimum atomic E-state index is 0.864. The third-order valence-corrected chi connectivity index (χ3v) is 5.15. The van der Waals surface area contributed by atoms with E-state index in [9.17, 15) is 0 Å². The molecule has 0 spiro atoms. The predicted octanol–water partition coefficient (Wildman–Crippen LogP) is 2.94. The highest BCUT2D eigenvalue weighted by molar-refractivity contribution is 4.82. The van der Waals surface area contributed by atoms with Gasteiger partial charge in [-0.2, -0.15) is 0 Å². The summed E-state index contributed by atoms with van der Waals surface area (Å²) in [6, 6.07) is 0. The fourth-order valence-corrected chi connectivity index (χ4v) is 4.19. The number of hydrogen-bond acceptors (Lipinski definition) is 2. The van der Waals surface area contributed by atoms with Crippen molar-refractivity contribution in [2.45, 2.75) is 40.0 Å². The van der Waals surface area contributed by atoms with Gasteiger partial charge in [0, 0.05) is 19.6 Å². The van der Waals surface area contributed by atoms with E-state index >= 15 is 0 Å². The summed E-state index contributed by atoms with van der Waals surface area (Å²) < 4.78 is 0. The summed E-state index contributed by atoms with van der Waals surface area (Å²) in [4.78, 5) is 5.26. The van der Waals surface area contributed by atoms with Gasteiger partial charge >= 0.3 is 0 Å². The molecular formula is C16H32N2. The number of hydrogen-bond donors (Lipinski definition) is 0. The SMILES string of the molecule is CC(C)C1CCN(CC2CCCN(C)C2)CC1C. The molecule has 0 bridgehead atoms. The van der Waals surface area contributed by atoms with E-state index in [0.717, 1.165) is 23.7 Å². The largest absolute Gasteiger partial charge is 0.306 e. The van der Waals surface area contributed by atoms with Gasteiger partial charge in [0.05, 0.1) is 0 Å². The summed E-state index contributed by atoms with van der Waals surface area (Å²) in [6.45, 7) is 13.9. The van der Waals surface area contributed by atoms with Crippen LogP contribution in [0.2, 0.25) is 0 Å². The minimum absolute atomic E-state index is 0.864. The van der Waals surface area contributed by atoms with Gasteiger partial charge in [-0.15, -0.1) is 0 Å². The van der Waals surface area contributed by atoms with Crippen molar-refractivity contribution in [2.75, 3.05) is 39.8 Å². The lowest BCUT2D eigenvalue weighted by molar-refractivity contribution is 0.0738. The Kier molecular flexibility index (Phi) is 5.08. The molecule has 18 heavy (non-hydrogen) atoms. The first-order valence-electron chi connectivity index (χ1n) is 7.97. The second kappa shape index (κ2) is 6.38. The van der Waals surface area contributed by atoms with Gasteiger partial charge in [-0.1, -0.05) is 20.8 Å². The molecule has 2 nitrogen and oxygen atoms in total. The van der Waals surface area contributed by atoms with E-state index in [0.29, 0.717) is 0 Å². The first kappa shape index (κ1) is 14.3. The van der Waals surface area contributed by atoms with Crippen LogP contribution in [0.3, 0.4) is 0 Å².